The molecule has 3 rings (SSSR count). The van der Waals surface area contributed by atoms with Crippen LogP contribution in [0.2, 0.25) is 0 Å². The minimum atomic E-state index is -1.03. The maximum Gasteiger partial charge on any atom is 0.335 e. The van der Waals surface area contributed by atoms with Gasteiger partial charge in [0.1, 0.15) is 5.82 Å². The van der Waals surface area contributed by atoms with Crippen LogP contribution in [0.1, 0.15) is 29.8 Å². The smallest absolute Gasteiger partial charge is 0.335 e. The molecule has 3 aromatic rings. The van der Waals surface area contributed by atoms with E-state index in [2.05, 4.69) is 20.8 Å². The summed E-state index contributed by atoms with van der Waals surface area (Å²) < 4.78 is 13.8. The fourth-order valence-electron chi connectivity index (χ4n) is 2.47. The Labute approximate surface area is 170 Å². The van der Waals surface area contributed by atoms with Gasteiger partial charge in [0.2, 0.25) is 11.1 Å². The Bertz CT molecular complexity index is 1040. The van der Waals surface area contributed by atoms with Crippen LogP contribution in [0.25, 0.3) is 5.69 Å². The summed E-state index contributed by atoms with van der Waals surface area (Å²) in [6.07, 6.45) is 0. The lowest BCUT2D eigenvalue weighted by atomic mass is 10.1. The van der Waals surface area contributed by atoms with Crippen molar-refractivity contribution in [2.24, 2.45) is 0 Å². The van der Waals surface area contributed by atoms with E-state index in [1.54, 1.807) is 38.1 Å². The number of rotatable bonds is 7. The highest BCUT2D eigenvalue weighted by molar-refractivity contribution is 8.01. The standard InChI is InChI=1S/C19H18FN5O3S/c1-19(2,17(28)21-11-12-4-3-5-14(20)10-12)29-18-22-23-24-25(18)15-8-6-13(7-9-15)16(26)27/h3-10H,11H2,1-2H3,(H,21,28)(H,26,27). The fraction of sp³-hybridized carbons (Fsp3) is 0.211. The van der Waals surface area contributed by atoms with Crippen molar-refractivity contribution in [2.75, 3.05) is 0 Å². The molecule has 0 aliphatic carbocycles. The Morgan fingerprint density at radius 2 is 1.93 bits per heavy atom. The number of carbonyl (C=O) groups is 2. The van der Waals surface area contributed by atoms with Gasteiger partial charge in [0.25, 0.3) is 0 Å². The van der Waals surface area contributed by atoms with Gasteiger partial charge in [0.05, 0.1) is 16.0 Å². The van der Waals surface area contributed by atoms with Gasteiger partial charge < -0.3 is 10.4 Å². The molecule has 0 radical (unpaired) electrons. The highest BCUT2D eigenvalue weighted by Gasteiger charge is 2.31. The second kappa shape index (κ2) is 8.39. The number of aromatic nitrogens is 4. The molecule has 0 aliphatic rings. The van der Waals surface area contributed by atoms with E-state index in [1.165, 1.54) is 28.9 Å². The number of benzene rings is 2. The van der Waals surface area contributed by atoms with Gasteiger partial charge in [0.15, 0.2) is 0 Å². The molecule has 10 heteroatoms. The van der Waals surface area contributed by atoms with E-state index in [9.17, 15) is 14.0 Å². The number of nitrogens with zero attached hydrogens (tertiary/aromatic N) is 4. The van der Waals surface area contributed by atoms with Gasteiger partial charge in [-0.05, 0) is 66.2 Å². The molecule has 2 aromatic carbocycles. The topological polar surface area (TPSA) is 110 Å². The number of amides is 1. The van der Waals surface area contributed by atoms with E-state index < -0.39 is 10.7 Å². The van der Waals surface area contributed by atoms with Crippen LogP contribution in [0.3, 0.4) is 0 Å². The molecule has 0 saturated carbocycles. The molecule has 0 bridgehead atoms. The number of carbonyl (C=O) groups excluding carboxylic acids is 1. The van der Waals surface area contributed by atoms with Crippen molar-refractivity contribution in [1.82, 2.24) is 25.5 Å². The molecule has 0 atom stereocenters. The normalized spacial score (nSPS) is 11.3. The molecule has 8 nitrogen and oxygen atoms in total. The van der Waals surface area contributed by atoms with Gasteiger partial charge in [-0.15, -0.1) is 5.10 Å². The summed E-state index contributed by atoms with van der Waals surface area (Å²) in [7, 11) is 0. The van der Waals surface area contributed by atoms with E-state index in [0.717, 1.165) is 11.8 Å². The number of hydrogen-bond acceptors (Lipinski definition) is 6. The lowest BCUT2D eigenvalue weighted by Crippen LogP contribution is -2.39. The van der Waals surface area contributed by atoms with Crippen LogP contribution in [0.4, 0.5) is 4.39 Å². The van der Waals surface area contributed by atoms with Crippen LogP contribution in [0.15, 0.2) is 53.7 Å². The van der Waals surface area contributed by atoms with Crippen molar-refractivity contribution < 1.29 is 19.1 Å². The van der Waals surface area contributed by atoms with Crippen LogP contribution in [0.5, 0.6) is 0 Å². The Morgan fingerprint density at radius 3 is 2.59 bits per heavy atom. The van der Waals surface area contributed by atoms with E-state index in [-0.39, 0.29) is 23.8 Å². The molecule has 0 aliphatic heterocycles. The lowest BCUT2D eigenvalue weighted by Gasteiger charge is -2.22. The summed E-state index contributed by atoms with van der Waals surface area (Å²) in [5.41, 5.74) is 1.37. The molecule has 150 valence electrons. The van der Waals surface area contributed by atoms with Gasteiger partial charge in [-0.25, -0.2) is 9.18 Å². The molecule has 1 aromatic heterocycles. The molecule has 1 amide bonds. The molecular weight excluding hydrogens is 397 g/mol. The number of halogens is 1. The first kappa shape index (κ1) is 20.5. The maximum absolute atomic E-state index is 13.3. The second-order valence-electron chi connectivity index (χ2n) is 6.65. The summed E-state index contributed by atoms with van der Waals surface area (Å²) in [4.78, 5) is 23.6. The van der Waals surface area contributed by atoms with Crippen LogP contribution < -0.4 is 5.32 Å². The molecule has 0 fully saturated rings. The van der Waals surface area contributed by atoms with Gasteiger partial charge >= 0.3 is 5.97 Å². The maximum atomic E-state index is 13.3. The summed E-state index contributed by atoms with van der Waals surface area (Å²) in [5, 5.41) is 23.7. The summed E-state index contributed by atoms with van der Waals surface area (Å²) >= 11 is 1.16. The molecular formula is C19H18FN5O3S. The number of aromatic carboxylic acids is 1. The zero-order valence-corrected chi connectivity index (χ0v) is 16.5. The predicted octanol–water partition coefficient (Wildman–Crippen LogP) is 2.69. The van der Waals surface area contributed by atoms with Crippen molar-refractivity contribution in [3.63, 3.8) is 0 Å². The predicted molar refractivity (Wildman–Crippen MR) is 104 cm³/mol. The Hall–Kier alpha value is -3.27. The van der Waals surface area contributed by atoms with E-state index in [0.29, 0.717) is 16.4 Å². The van der Waals surface area contributed by atoms with Crippen LogP contribution in [0, 0.1) is 5.82 Å². The third kappa shape index (κ3) is 4.96. The zero-order chi connectivity index (χ0) is 21.0. The summed E-state index contributed by atoms with van der Waals surface area (Å²) in [5.74, 6) is -1.65. The third-order valence-corrected chi connectivity index (χ3v) is 5.17. The molecule has 0 unspecified atom stereocenters. The molecule has 29 heavy (non-hydrogen) atoms. The van der Waals surface area contributed by atoms with E-state index in [1.807, 2.05) is 0 Å². The van der Waals surface area contributed by atoms with Gasteiger partial charge in [0, 0.05) is 6.54 Å². The van der Waals surface area contributed by atoms with Crippen molar-refractivity contribution in [1.29, 1.82) is 0 Å². The number of carboxylic acid groups (broad SMARTS) is 1. The summed E-state index contributed by atoms with van der Waals surface area (Å²) in [6.45, 7) is 3.65. The van der Waals surface area contributed by atoms with Crippen LogP contribution in [-0.2, 0) is 11.3 Å². The van der Waals surface area contributed by atoms with Crippen molar-refractivity contribution in [3.05, 3.63) is 65.5 Å². The van der Waals surface area contributed by atoms with Crippen molar-refractivity contribution >= 4 is 23.6 Å². The van der Waals surface area contributed by atoms with Crippen LogP contribution >= 0.6 is 11.8 Å². The van der Waals surface area contributed by atoms with Crippen LogP contribution in [-0.4, -0.2) is 41.9 Å². The monoisotopic (exact) mass is 415 g/mol. The average molecular weight is 415 g/mol. The number of nitrogens with one attached hydrogen (secondary N) is 1. The van der Waals surface area contributed by atoms with Gasteiger partial charge in [-0.2, -0.15) is 4.68 Å². The first-order valence-corrected chi connectivity index (χ1v) is 9.42. The SMILES string of the molecule is CC(C)(Sc1nnnn1-c1ccc(C(=O)O)cc1)C(=O)NCc1cccc(F)c1. The number of thioether (sulfide) groups is 1. The molecule has 1 heterocycles. The minimum absolute atomic E-state index is 0.146. The Kier molecular flexibility index (Phi) is 5.92. The fourth-order valence-corrected chi connectivity index (χ4v) is 3.39. The first-order valence-electron chi connectivity index (χ1n) is 8.60. The molecule has 0 spiro atoms. The largest absolute Gasteiger partial charge is 0.478 e. The number of hydrogen-bond donors (Lipinski definition) is 2. The molecule has 2 N–H and O–H groups in total. The number of tetrazole rings is 1. The Balaban J connectivity index is 1.71. The van der Waals surface area contributed by atoms with Crippen molar-refractivity contribution in [2.45, 2.75) is 30.3 Å². The quantitative estimate of drug-likeness (QED) is 0.571. The summed E-state index contributed by atoms with van der Waals surface area (Å²) in [6, 6.07) is 12.1. The lowest BCUT2D eigenvalue weighted by molar-refractivity contribution is -0.122. The Morgan fingerprint density at radius 1 is 1.21 bits per heavy atom. The number of carboxylic acids is 1. The molecule has 0 saturated heterocycles. The third-order valence-electron chi connectivity index (χ3n) is 4.04. The zero-order valence-electron chi connectivity index (χ0n) is 15.7. The first-order chi connectivity index (χ1) is 13.8. The second-order valence-corrected chi connectivity index (χ2v) is 8.24. The van der Waals surface area contributed by atoms with E-state index >= 15 is 0 Å². The highest BCUT2D eigenvalue weighted by atomic mass is 32.2. The minimum Gasteiger partial charge on any atom is -0.478 e. The highest BCUT2D eigenvalue weighted by Crippen LogP contribution is 2.32. The van der Waals surface area contributed by atoms with Gasteiger partial charge in [-0.3, -0.25) is 4.79 Å². The average Bonchev–Trinajstić information content (AvgIpc) is 3.13. The van der Waals surface area contributed by atoms with Gasteiger partial charge in [-0.1, -0.05) is 23.9 Å². The van der Waals surface area contributed by atoms with E-state index in [4.69, 9.17) is 5.11 Å². The van der Waals surface area contributed by atoms with Crippen molar-refractivity contribution in [3.8, 4) is 5.69 Å².